The predicted molar refractivity (Wildman–Crippen MR) is 324 cm³/mol. The van der Waals surface area contributed by atoms with Crippen LogP contribution in [0.4, 0.5) is 0 Å². The maximum absolute atomic E-state index is 12.7. The smallest absolute Gasteiger partial charge is 0.306 e. The molecule has 0 heterocycles. The normalized spacial score (nSPS) is 13.2. The van der Waals surface area contributed by atoms with Crippen LogP contribution in [0.1, 0.15) is 348 Å². The SMILES string of the molecule is CCCCC/C=C\CCCCCCCC(=O)OC(COC(=O)CCCCCCCCCCCCCCCCCCCCCCCCCCCCCCCCCCCCCCCCCC)COP(=O)([O-])OCC[N+](C)(C)C. The maximum Gasteiger partial charge on any atom is 0.306 e. The Morgan fingerprint density at radius 2 is 0.671 bits per heavy atom. The van der Waals surface area contributed by atoms with Crippen LogP contribution in [0.15, 0.2) is 12.2 Å². The van der Waals surface area contributed by atoms with Gasteiger partial charge in [-0.3, -0.25) is 14.2 Å². The van der Waals surface area contributed by atoms with E-state index in [1.807, 2.05) is 21.1 Å². The Morgan fingerprint density at radius 3 is 1.00 bits per heavy atom. The van der Waals surface area contributed by atoms with Crippen molar-refractivity contribution in [2.75, 3.05) is 47.5 Å². The summed E-state index contributed by atoms with van der Waals surface area (Å²) in [7, 11) is 1.18. The highest BCUT2D eigenvalue weighted by molar-refractivity contribution is 7.45. The zero-order valence-electron chi connectivity index (χ0n) is 51.5. The quantitative estimate of drug-likeness (QED) is 0.0195. The summed E-state index contributed by atoms with van der Waals surface area (Å²) in [4.78, 5) is 37.8. The Labute approximate surface area is 473 Å². The second-order valence-electron chi connectivity index (χ2n) is 24.2. The van der Waals surface area contributed by atoms with Crippen LogP contribution in [0.5, 0.6) is 0 Å². The fraction of sp³-hybridized carbons (Fsp3) is 0.939. The molecule has 9 nitrogen and oxygen atoms in total. The molecule has 0 rings (SSSR count). The van der Waals surface area contributed by atoms with E-state index in [1.54, 1.807) is 0 Å². The molecule has 2 atom stereocenters. The number of phosphoric ester groups is 1. The minimum absolute atomic E-state index is 0.0290. The number of allylic oxidation sites excluding steroid dienone is 2. The van der Waals surface area contributed by atoms with Crippen LogP contribution in [0.3, 0.4) is 0 Å². The summed E-state index contributed by atoms with van der Waals surface area (Å²) in [5.41, 5.74) is 0. The van der Waals surface area contributed by atoms with Crippen LogP contribution in [-0.4, -0.2) is 70.0 Å². The van der Waals surface area contributed by atoms with E-state index in [4.69, 9.17) is 18.5 Å². The molecule has 452 valence electrons. The molecule has 0 N–H and O–H groups in total. The van der Waals surface area contributed by atoms with Crippen molar-refractivity contribution in [3.63, 3.8) is 0 Å². The highest BCUT2D eigenvalue weighted by Crippen LogP contribution is 2.38. The number of rotatable bonds is 63. The molecule has 0 saturated carbocycles. The third kappa shape index (κ3) is 62.0. The molecule has 0 aliphatic rings. The standard InChI is InChI=1S/C66H130NO8P/c1-6-8-10-12-14-16-18-20-21-22-23-24-25-26-27-28-29-30-31-32-33-34-35-36-37-38-39-40-41-42-43-44-45-46-47-49-50-52-54-56-58-65(68)72-62-64(63-74-76(70,71)73-61-60-67(3,4)5)75-66(69)59-57-55-53-51-48-19-17-15-13-11-9-7-2/h15,17,64H,6-14,16,18-63H2,1-5H3/b17-15-. The van der Waals surface area contributed by atoms with Gasteiger partial charge in [0, 0.05) is 12.8 Å². The average molecular weight is 1100 g/mol. The molecule has 0 aromatic carbocycles. The predicted octanol–water partition coefficient (Wildman–Crippen LogP) is 20.5. The van der Waals surface area contributed by atoms with Crippen LogP contribution in [0.25, 0.3) is 0 Å². The number of likely N-dealkylation sites (N-methyl/N-ethyl adjacent to an activating group) is 1. The molecule has 0 amide bonds. The minimum atomic E-state index is -4.63. The number of hydrogen-bond donors (Lipinski definition) is 0. The first-order valence-corrected chi connectivity index (χ1v) is 34.9. The van der Waals surface area contributed by atoms with Gasteiger partial charge in [-0.1, -0.05) is 309 Å². The summed E-state index contributed by atoms with van der Waals surface area (Å²) in [5.74, 6) is -0.827. The molecular weight excluding hydrogens is 966 g/mol. The van der Waals surface area contributed by atoms with E-state index in [0.717, 1.165) is 57.8 Å². The van der Waals surface area contributed by atoms with Gasteiger partial charge in [-0.25, -0.2) is 0 Å². The molecule has 76 heavy (non-hydrogen) atoms. The van der Waals surface area contributed by atoms with E-state index in [2.05, 4.69) is 26.0 Å². The fourth-order valence-electron chi connectivity index (χ4n) is 10.1. The van der Waals surface area contributed by atoms with Crippen molar-refractivity contribution >= 4 is 19.8 Å². The Morgan fingerprint density at radius 1 is 0.395 bits per heavy atom. The van der Waals surface area contributed by atoms with Gasteiger partial charge in [-0.15, -0.1) is 0 Å². The molecule has 2 unspecified atom stereocenters. The van der Waals surface area contributed by atoms with Gasteiger partial charge in [-0.05, 0) is 38.5 Å². The van der Waals surface area contributed by atoms with Gasteiger partial charge in [-0.2, -0.15) is 0 Å². The molecule has 0 aliphatic carbocycles. The second kappa shape index (κ2) is 58.4. The molecule has 0 aromatic rings. The second-order valence-corrected chi connectivity index (χ2v) is 25.6. The van der Waals surface area contributed by atoms with E-state index in [-0.39, 0.29) is 32.0 Å². The zero-order chi connectivity index (χ0) is 55.6. The van der Waals surface area contributed by atoms with Gasteiger partial charge in [0.2, 0.25) is 0 Å². The fourth-order valence-corrected chi connectivity index (χ4v) is 10.9. The first kappa shape index (κ1) is 74.8. The number of ether oxygens (including phenoxy) is 2. The summed E-state index contributed by atoms with van der Waals surface area (Å²) >= 11 is 0. The van der Waals surface area contributed by atoms with Crippen molar-refractivity contribution in [1.82, 2.24) is 0 Å². The lowest BCUT2D eigenvalue weighted by atomic mass is 10.0. The summed E-state index contributed by atoms with van der Waals surface area (Å²) < 4.78 is 34.1. The van der Waals surface area contributed by atoms with Crippen molar-refractivity contribution in [1.29, 1.82) is 0 Å². The third-order valence-electron chi connectivity index (χ3n) is 15.3. The molecule has 0 aliphatic heterocycles. The monoisotopic (exact) mass is 1100 g/mol. The maximum atomic E-state index is 12.7. The van der Waals surface area contributed by atoms with Crippen LogP contribution in [0.2, 0.25) is 0 Å². The molecule has 0 bridgehead atoms. The van der Waals surface area contributed by atoms with E-state index >= 15 is 0 Å². The van der Waals surface area contributed by atoms with Crippen molar-refractivity contribution in [3.8, 4) is 0 Å². The lowest BCUT2D eigenvalue weighted by Gasteiger charge is -2.28. The Bertz CT molecular complexity index is 1290. The Balaban J connectivity index is 3.77. The highest BCUT2D eigenvalue weighted by Gasteiger charge is 2.22. The number of quaternary nitrogens is 1. The van der Waals surface area contributed by atoms with Gasteiger partial charge < -0.3 is 27.9 Å². The van der Waals surface area contributed by atoms with Crippen molar-refractivity contribution in [3.05, 3.63) is 12.2 Å². The third-order valence-corrected chi connectivity index (χ3v) is 16.2. The molecule has 0 saturated heterocycles. The topological polar surface area (TPSA) is 111 Å². The lowest BCUT2D eigenvalue weighted by molar-refractivity contribution is -0.870. The van der Waals surface area contributed by atoms with Crippen LogP contribution >= 0.6 is 7.82 Å². The number of nitrogens with zero attached hydrogens (tertiary/aromatic N) is 1. The van der Waals surface area contributed by atoms with E-state index in [1.165, 1.54) is 257 Å². The number of hydrogen-bond acceptors (Lipinski definition) is 8. The molecule has 10 heteroatoms. The number of phosphoric acid groups is 1. The molecule has 0 spiro atoms. The summed E-state index contributed by atoms with van der Waals surface area (Å²) in [6.45, 7) is 4.25. The van der Waals surface area contributed by atoms with E-state index < -0.39 is 26.5 Å². The first-order chi connectivity index (χ1) is 37.0. The molecule has 0 aromatic heterocycles. The van der Waals surface area contributed by atoms with Crippen LogP contribution < -0.4 is 4.89 Å². The molecular formula is C66H130NO8P. The summed E-state index contributed by atoms with van der Waals surface area (Å²) in [5, 5.41) is 0. The summed E-state index contributed by atoms with van der Waals surface area (Å²) in [6, 6.07) is 0. The highest BCUT2D eigenvalue weighted by atomic mass is 31.2. The largest absolute Gasteiger partial charge is 0.756 e. The van der Waals surface area contributed by atoms with Gasteiger partial charge in [0.25, 0.3) is 7.82 Å². The average Bonchev–Trinajstić information content (AvgIpc) is 3.38. The number of carbonyl (C=O) groups excluding carboxylic acids is 2. The Kier molecular flexibility index (Phi) is 57.4. The first-order valence-electron chi connectivity index (χ1n) is 33.4. The van der Waals surface area contributed by atoms with Crippen molar-refractivity contribution < 1.29 is 42.1 Å². The Hall–Kier alpha value is -1.25. The van der Waals surface area contributed by atoms with Gasteiger partial charge >= 0.3 is 11.9 Å². The van der Waals surface area contributed by atoms with Crippen molar-refractivity contribution in [2.24, 2.45) is 0 Å². The zero-order valence-corrected chi connectivity index (χ0v) is 52.4. The van der Waals surface area contributed by atoms with Crippen LogP contribution in [0, 0.1) is 0 Å². The van der Waals surface area contributed by atoms with Crippen LogP contribution in [-0.2, 0) is 32.7 Å². The minimum Gasteiger partial charge on any atom is -0.756 e. The van der Waals surface area contributed by atoms with E-state index in [9.17, 15) is 19.0 Å². The molecule has 0 fully saturated rings. The number of unbranched alkanes of at least 4 members (excludes halogenated alkanes) is 47. The van der Waals surface area contributed by atoms with Gasteiger partial charge in [0.05, 0.1) is 27.7 Å². The summed E-state index contributed by atoms with van der Waals surface area (Å²) in [6.07, 6.45) is 70.5. The lowest BCUT2D eigenvalue weighted by Crippen LogP contribution is -2.37. The number of carbonyl (C=O) groups is 2. The number of esters is 2. The van der Waals surface area contributed by atoms with Gasteiger partial charge in [0.1, 0.15) is 19.8 Å². The van der Waals surface area contributed by atoms with Gasteiger partial charge in [0.15, 0.2) is 6.10 Å². The van der Waals surface area contributed by atoms with E-state index in [0.29, 0.717) is 17.4 Å². The van der Waals surface area contributed by atoms with Crippen molar-refractivity contribution in [2.45, 2.75) is 354 Å². The molecule has 0 radical (unpaired) electrons.